The van der Waals surface area contributed by atoms with Gasteiger partial charge in [-0.25, -0.2) is 0 Å². The number of carbonyl (C=O) groups is 1. The highest BCUT2D eigenvalue weighted by Gasteiger charge is 2.25. The van der Waals surface area contributed by atoms with Crippen molar-refractivity contribution in [2.24, 2.45) is 0 Å². The highest BCUT2D eigenvalue weighted by molar-refractivity contribution is 8.00. The van der Waals surface area contributed by atoms with E-state index in [2.05, 4.69) is 15.5 Å². The zero-order valence-electron chi connectivity index (χ0n) is 10.3. The third-order valence-corrected chi connectivity index (χ3v) is 4.30. The van der Waals surface area contributed by atoms with E-state index in [1.807, 2.05) is 24.3 Å². The Morgan fingerprint density at radius 1 is 1.37 bits per heavy atom. The van der Waals surface area contributed by atoms with Crippen molar-refractivity contribution in [1.29, 1.82) is 0 Å². The maximum atomic E-state index is 11.6. The maximum absolute atomic E-state index is 11.6. The van der Waals surface area contributed by atoms with E-state index >= 15 is 0 Å². The lowest BCUT2D eigenvalue weighted by molar-refractivity contribution is -0.113. The molecular formula is C13H13N3O2S. The Bertz CT molecular complexity index is 594. The second-order valence-corrected chi connectivity index (χ2v) is 5.31. The zero-order valence-corrected chi connectivity index (χ0v) is 11.2. The summed E-state index contributed by atoms with van der Waals surface area (Å²) in [5.74, 6) is 1.94. The lowest BCUT2D eigenvalue weighted by Crippen LogP contribution is -2.12. The second kappa shape index (κ2) is 4.97. The molecule has 2 aromatic rings. The fourth-order valence-corrected chi connectivity index (χ4v) is 3.17. The fraction of sp³-hybridized carbons (Fsp3) is 0.231. The monoisotopic (exact) mass is 275 g/mol. The van der Waals surface area contributed by atoms with Crippen LogP contribution in [0, 0.1) is 0 Å². The Morgan fingerprint density at radius 2 is 2.16 bits per heavy atom. The third kappa shape index (κ3) is 2.31. The number of hydrogen-bond donors (Lipinski definition) is 2. The van der Waals surface area contributed by atoms with Crippen molar-refractivity contribution in [2.45, 2.75) is 5.25 Å². The molecule has 3 rings (SSSR count). The molecule has 1 aliphatic rings. The molecule has 1 aromatic heterocycles. The van der Waals surface area contributed by atoms with E-state index in [9.17, 15) is 4.79 Å². The van der Waals surface area contributed by atoms with E-state index in [0.717, 1.165) is 16.9 Å². The van der Waals surface area contributed by atoms with Crippen LogP contribution >= 0.6 is 11.8 Å². The molecule has 1 amide bonds. The van der Waals surface area contributed by atoms with Crippen molar-refractivity contribution in [2.75, 3.05) is 18.2 Å². The number of ether oxygens (including phenoxy) is 1. The Hall–Kier alpha value is -1.95. The number of hydrogen-bond acceptors (Lipinski definition) is 4. The van der Waals surface area contributed by atoms with Gasteiger partial charge in [-0.05, 0) is 17.7 Å². The van der Waals surface area contributed by atoms with Crippen molar-refractivity contribution < 1.29 is 9.53 Å². The van der Waals surface area contributed by atoms with E-state index in [4.69, 9.17) is 4.74 Å². The van der Waals surface area contributed by atoms with Crippen LogP contribution in [0.2, 0.25) is 0 Å². The molecule has 1 aromatic carbocycles. The molecule has 0 spiro atoms. The quantitative estimate of drug-likeness (QED) is 0.881. The smallest absolute Gasteiger partial charge is 0.235 e. The van der Waals surface area contributed by atoms with Crippen molar-refractivity contribution >= 4 is 23.5 Å². The van der Waals surface area contributed by atoms with Crippen LogP contribution in [0.4, 0.5) is 5.82 Å². The van der Waals surface area contributed by atoms with Crippen LogP contribution < -0.4 is 10.1 Å². The number of benzene rings is 1. The predicted molar refractivity (Wildman–Crippen MR) is 74.5 cm³/mol. The second-order valence-electron chi connectivity index (χ2n) is 4.21. The normalized spacial score (nSPS) is 18.4. The van der Waals surface area contributed by atoms with Crippen molar-refractivity contribution in [1.82, 2.24) is 10.2 Å². The Labute approximate surface area is 114 Å². The van der Waals surface area contributed by atoms with Gasteiger partial charge in [0.25, 0.3) is 0 Å². The molecule has 1 atom stereocenters. The lowest BCUT2D eigenvalue weighted by Gasteiger charge is -2.14. The van der Waals surface area contributed by atoms with Crippen LogP contribution in [0.25, 0.3) is 0 Å². The summed E-state index contributed by atoms with van der Waals surface area (Å²) < 4.78 is 5.16. The van der Waals surface area contributed by atoms with Crippen LogP contribution in [-0.2, 0) is 4.79 Å². The maximum Gasteiger partial charge on any atom is 0.235 e. The molecule has 5 nitrogen and oxygen atoms in total. The number of anilines is 1. The highest BCUT2D eigenvalue weighted by atomic mass is 32.2. The minimum atomic E-state index is -0.00786. The van der Waals surface area contributed by atoms with Gasteiger partial charge in [0.15, 0.2) is 0 Å². The molecule has 19 heavy (non-hydrogen) atoms. The molecule has 0 saturated heterocycles. The van der Waals surface area contributed by atoms with Gasteiger partial charge in [0.05, 0.1) is 24.3 Å². The van der Waals surface area contributed by atoms with Gasteiger partial charge in [0.1, 0.15) is 11.6 Å². The molecule has 0 bridgehead atoms. The van der Waals surface area contributed by atoms with Gasteiger partial charge >= 0.3 is 0 Å². The zero-order chi connectivity index (χ0) is 13.2. The lowest BCUT2D eigenvalue weighted by atomic mass is 10.1. The first-order valence-corrected chi connectivity index (χ1v) is 6.91. The van der Waals surface area contributed by atoms with Crippen LogP contribution in [0.5, 0.6) is 5.75 Å². The molecular weight excluding hydrogens is 262 g/mol. The van der Waals surface area contributed by atoms with Gasteiger partial charge in [-0.2, -0.15) is 5.10 Å². The molecule has 0 saturated carbocycles. The first kappa shape index (κ1) is 12.1. The van der Waals surface area contributed by atoms with Gasteiger partial charge in [-0.3, -0.25) is 9.89 Å². The molecule has 0 radical (unpaired) electrons. The Morgan fingerprint density at radius 3 is 2.89 bits per heavy atom. The van der Waals surface area contributed by atoms with Gasteiger partial charge in [0, 0.05) is 5.56 Å². The van der Waals surface area contributed by atoms with E-state index < -0.39 is 0 Å². The van der Waals surface area contributed by atoms with E-state index in [-0.39, 0.29) is 11.2 Å². The molecule has 0 aliphatic carbocycles. The van der Waals surface area contributed by atoms with Gasteiger partial charge in [0.2, 0.25) is 5.91 Å². The summed E-state index contributed by atoms with van der Waals surface area (Å²) in [6.45, 7) is 0. The summed E-state index contributed by atoms with van der Waals surface area (Å²) in [7, 11) is 1.65. The summed E-state index contributed by atoms with van der Waals surface area (Å²) in [5.41, 5.74) is 2.13. The average Bonchev–Trinajstić information content (AvgIpc) is 2.82. The van der Waals surface area contributed by atoms with Crippen molar-refractivity contribution in [3.05, 3.63) is 41.6 Å². The van der Waals surface area contributed by atoms with Gasteiger partial charge in [-0.15, -0.1) is 11.8 Å². The van der Waals surface area contributed by atoms with E-state index in [1.54, 1.807) is 25.1 Å². The Kier molecular flexibility index (Phi) is 3.16. The van der Waals surface area contributed by atoms with Crippen molar-refractivity contribution in [3.8, 4) is 5.75 Å². The molecule has 2 N–H and O–H groups in total. The molecule has 98 valence electrons. The number of rotatable bonds is 2. The van der Waals surface area contributed by atoms with Crippen LogP contribution in [-0.4, -0.2) is 29.0 Å². The van der Waals surface area contributed by atoms with Crippen LogP contribution in [0.3, 0.4) is 0 Å². The summed E-state index contributed by atoms with van der Waals surface area (Å²) in [5, 5.41) is 9.76. The standard InChI is InChI=1S/C13H13N3O2S/c1-18-9-4-2-8(3-5-9)12-10-6-14-16-13(10)15-11(17)7-19-12/h2-6,12H,7H2,1H3,(H2,14,15,16,17)/t12-/m1/s1. The third-order valence-electron chi connectivity index (χ3n) is 3.02. The van der Waals surface area contributed by atoms with Gasteiger partial charge in [-0.1, -0.05) is 12.1 Å². The number of nitrogens with zero attached hydrogens (tertiary/aromatic N) is 1. The van der Waals surface area contributed by atoms with Gasteiger partial charge < -0.3 is 10.1 Å². The topological polar surface area (TPSA) is 67.0 Å². The average molecular weight is 275 g/mol. The number of methoxy groups -OCH3 is 1. The largest absolute Gasteiger partial charge is 0.497 e. The minimum absolute atomic E-state index is 0.00786. The number of carbonyl (C=O) groups excluding carboxylic acids is 1. The number of H-pyrrole nitrogens is 1. The SMILES string of the molecule is COc1ccc([C@H]2SCC(=O)Nc3[nH]ncc32)cc1. The number of aromatic nitrogens is 2. The molecule has 1 aliphatic heterocycles. The first-order chi connectivity index (χ1) is 9.28. The van der Waals surface area contributed by atoms with E-state index in [1.165, 1.54) is 0 Å². The number of thioether (sulfide) groups is 1. The molecule has 0 unspecified atom stereocenters. The summed E-state index contributed by atoms with van der Waals surface area (Å²) in [6, 6.07) is 7.89. The number of nitrogens with one attached hydrogen (secondary N) is 2. The first-order valence-electron chi connectivity index (χ1n) is 5.86. The van der Waals surface area contributed by atoms with Crippen LogP contribution in [0.1, 0.15) is 16.4 Å². The molecule has 0 fully saturated rings. The molecule has 6 heteroatoms. The highest BCUT2D eigenvalue weighted by Crippen LogP contribution is 2.40. The summed E-state index contributed by atoms with van der Waals surface area (Å²) in [6.07, 6.45) is 1.77. The number of fused-ring (bicyclic) bond motifs is 1. The minimum Gasteiger partial charge on any atom is -0.497 e. The molecule has 2 heterocycles. The Balaban J connectivity index is 1.98. The van der Waals surface area contributed by atoms with E-state index in [0.29, 0.717) is 11.6 Å². The van der Waals surface area contributed by atoms with Crippen LogP contribution in [0.15, 0.2) is 30.5 Å². The van der Waals surface area contributed by atoms with Crippen molar-refractivity contribution in [3.63, 3.8) is 0 Å². The predicted octanol–water partition coefficient (Wildman–Crippen LogP) is 2.19. The summed E-state index contributed by atoms with van der Waals surface area (Å²) in [4.78, 5) is 11.6. The number of aromatic amines is 1. The number of amides is 1. The fourth-order valence-electron chi connectivity index (χ4n) is 2.07. The summed E-state index contributed by atoms with van der Waals surface area (Å²) >= 11 is 1.59.